The SMILES string of the molecule is CC(=O)c1nc(NC(=O)[C@@H](C)N)sc1-c1cccc(O)c1. The normalized spacial score (nSPS) is 12.0. The van der Waals surface area contributed by atoms with Crippen molar-refractivity contribution in [2.45, 2.75) is 19.9 Å². The fourth-order valence-corrected chi connectivity index (χ4v) is 2.69. The number of phenolic OH excluding ortho intramolecular Hbond substituents is 1. The zero-order valence-electron chi connectivity index (χ0n) is 11.6. The number of amides is 1. The number of nitrogens with zero attached hydrogens (tertiary/aromatic N) is 1. The number of anilines is 1. The number of phenols is 1. The van der Waals surface area contributed by atoms with Gasteiger partial charge in [-0.05, 0) is 24.6 Å². The van der Waals surface area contributed by atoms with E-state index in [4.69, 9.17) is 5.73 Å². The van der Waals surface area contributed by atoms with Gasteiger partial charge in [0.05, 0.1) is 10.9 Å². The van der Waals surface area contributed by atoms with E-state index in [1.165, 1.54) is 19.1 Å². The maximum atomic E-state index is 11.7. The summed E-state index contributed by atoms with van der Waals surface area (Å²) < 4.78 is 0. The molecule has 6 nitrogen and oxygen atoms in total. The van der Waals surface area contributed by atoms with Crippen molar-refractivity contribution in [2.24, 2.45) is 5.73 Å². The van der Waals surface area contributed by atoms with Crippen molar-refractivity contribution in [2.75, 3.05) is 5.32 Å². The lowest BCUT2D eigenvalue weighted by Gasteiger charge is -2.03. The van der Waals surface area contributed by atoms with E-state index in [-0.39, 0.29) is 23.1 Å². The molecule has 7 heteroatoms. The number of hydrogen-bond acceptors (Lipinski definition) is 6. The van der Waals surface area contributed by atoms with Gasteiger partial charge in [0.2, 0.25) is 5.91 Å². The second-order valence-electron chi connectivity index (χ2n) is 4.58. The highest BCUT2D eigenvalue weighted by Gasteiger charge is 2.19. The van der Waals surface area contributed by atoms with Crippen molar-refractivity contribution >= 4 is 28.2 Å². The predicted octanol–water partition coefficient (Wildman–Crippen LogP) is 2.00. The number of thiazole rings is 1. The number of Topliss-reactive ketones (excluding diaryl/α,β-unsaturated/α-hetero) is 1. The van der Waals surface area contributed by atoms with Crippen LogP contribution in [0.5, 0.6) is 5.75 Å². The summed E-state index contributed by atoms with van der Waals surface area (Å²) >= 11 is 1.16. The third-order valence-electron chi connectivity index (χ3n) is 2.71. The van der Waals surface area contributed by atoms with Crippen LogP contribution in [0.4, 0.5) is 5.13 Å². The van der Waals surface area contributed by atoms with Crippen molar-refractivity contribution in [1.29, 1.82) is 0 Å². The molecule has 0 radical (unpaired) electrons. The molecule has 1 amide bonds. The molecule has 110 valence electrons. The number of carbonyl (C=O) groups is 2. The number of aromatic nitrogens is 1. The Morgan fingerprint density at radius 2 is 2.14 bits per heavy atom. The molecule has 0 saturated heterocycles. The van der Waals surface area contributed by atoms with Crippen LogP contribution in [-0.2, 0) is 4.79 Å². The number of hydrogen-bond donors (Lipinski definition) is 3. The first-order valence-electron chi connectivity index (χ1n) is 6.26. The number of benzene rings is 1. The number of ketones is 1. The number of nitrogens with two attached hydrogens (primary N) is 1. The van der Waals surface area contributed by atoms with Crippen LogP contribution in [0.1, 0.15) is 24.3 Å². The summed E-state index contributed by atoms with van der Waals surface area (Å²) in [6.45, 7) is 2.96. The van der Waals surface area contributed by atoms with Crippen LogP contribution in [0.3, 0.4) is 0 Å². The van der Waals surface area contributed by atoms with E-state index in [0.717, 1.165) is 11.3 Å². The summed E-state index contributed by atoms with van der Waals surface area (Å²) in [5.41, 5.74) is 6.41. The Labute approximate surface area is 125 Å². The van der Waals surface area contributed by atoms with Crippen molar-refractivity contribution < 1.29 is 14.7 Å². The Balaban J connectivity index is 2.43. The second kappa shape index (κ2) is 6.02. The molecule has 1 atom stereocenters. The minimum Gasteiger partial charge on any atom is -0.508 e. The van der Waals surface area contributed by atoms with Crippen LogP contribution in [0, 0.1) is 0 Å². The first-order chi connectivity index (χ1) is 9.88. The molecule has 2 rings (SSSR count). The van der Waals surface area contributed by atoms with E-state index >= 15 is 0 Å². The van der Waals surface area contributed by atoms with Crippen LogP contribution in [-0.4, -0.2) is 27.8 Å². The molecule has 0 aliphatic carbocycles. The van der Waals surface area contributed by atoms with Gasteiger partial charge in [-0.2, -0.15) is 0 Å². The highest BCUT2D eigenvalue weighted by molar-refractivity contribution is 7.19. The fraction of sp³-hybridized carbons (Fsp3) is 0.214. The summed E-state index contributed by atoms with van der Waals surface area (Å²) in [4.78, 5) is 28.0. The van der Waals surface area contributed by atoms with Crippen LogP contribution in [0.2, 0.25) is 0 Å². The molecular formula is C14H15N3O3S. The van der Waals surface area contributed by atoms with Gasteiger partial charge in [-0.3, -0.25) is 9.59 Å². The maximum absolute atomic E-state index is 11.7. The number of rotatable bonds is 4. The van der Waals surface area contributed by atoms with E-state index in [0.29, 0.717) is 15.6 Å². The van der Waals surface area contributed by atoms with Gasteiger partial charge in [0.15, 0.2) is 10.9 Å². The molecule has 21 heavy (non-hydrogen) atoms. The van der Waals surface area contributed by atoms with E-state index in [1.807, 2.05) is 0 Å². The lowest BCUT2D eigenvalue weighted by atomic mass is 10.1. The first kappa shape index (κ1) is 15.1. The number of carbonyl (C=O) groups excluding carboxylic acids is 2. The average Bonchev–Trinajstić information content (AvgIpc) is 2.82. The molecule has 4 N–H and O–H groups in total. The van der Waals surface area contributed by atoms with Gasteiger partial charge in [-0.15, -0.1) is 0 Å². The van der Waals surface area contributed by atoms with E-state index in [1.54, 1.807) is 19.1 Å². The Bertz CT molecular complexity index is 695. The van der Waals surface area contributed by atoms with Gasteiger partial charge < -0.3 is 16.2 Å². The zero-order valence-corrected chi connectivity index (χ0v) is 12.4. The average molecular weight is 305 g/mol. The monoisotopic (exact) mass is 305 g/mol. The van der Waals surface area contributed by atoms with E-state index < -0.39 is 6.04 Å². The Morgan fingerprint density at radius 1 is 1.43 bits per heavy atom. The molecule has 0 aliphatic heterocycles. The molecule has 1 heterocycles. The number of aromatic hydroxyl groups is 1. The van der Waals surface area contributed by atoms with Crippen molar-refractivity contribution in [3.8, 4) is 16.2 Å². The van der Waals surface area contributed by atoms with Crippen LogP contribution < -0.4 is 11.1 Å². The molecule has 2 aromatic rings. The fourth-order valence-electron chi connectivity index (χ4n) is 1.67. The molecule has 0 aliphatic rings. The summed E-state index contributed by atoms with van der Waals surface area (Å²) in [7, 11) is 0. The van der Waals surface area contributed by atoms with Crippen molar-refractivity contribution in [3.05, 3.63) is 30.0 Å². The largest absolute Gasteiger partial charge is 0.508 e. The molecule has 1 aromatic heterocycles. The van der Waals surface area contributed by atoms with Gasteiger partial charge >= 0.3 is 0 Å². The predicted molar refractivity (Wildman–Crippen MR) is 81.5 cm³/mol. The Hall–Kier alpha value is -2.25. The first-order valence-corrected chi connectivity index (χ1v) is 7.07. The van der Waals surface area contributed by atoms with Crippen LogP contribution in [0.25, 0.3) is 10.4 Å². The quantitative estimate of drug-likeness (QED) is 0.749. The third-order valence-corrected chi connectivity index (χ3v) is 3.73. The molecule has 0 fully saturated rings. The topological polar surface area (TPSA) is 105 Å². The molecular weight excluding hydrogens is 290 g/mol. The second-order valence-corrected chi connectivity index (χ2v) is 5.58. The summed E-state index contributed by atoms with van der Waals surface area (Å²) in [6.07, 6.45) is 0. The van der Waals surface area contributed by atoms with Crippen molar-refractivity contribution in [3.63, 3.8) is 0 Å². The highest BCUT2D eigenvalue weighted by atomic mass is 32.1. The minimum atomic E-state index is -0.668. The zero-order chi connectivity index (χ0) is 15.6. The summed E-state index contributed by atoms with van der Waals surface area (Å²) in [6, 6.07) is 5.85. The molecule has 0 unspecified atom stereocenters. The van der Waals surface area contributed by atoms with Crippen molar-refractivity contribution in [1.82, 2.24) is 4.98 Å². The van der Waals surface area contributed by atoms with Gasteiger partial charge in [0.25, 0.3) is 0 Å². The third kappa shape index (κ3) is 3.45. The van der Waals surface area contributed by atoms with Gasteiger partial charge in [-0.1, -0.05) is 23.5 Å². The molecule has 1 aromatic carbocycles. The smallest absolute Gasteiger partial charge is 0.242 e. The maximum Gasteiger partial charge on any atom is 0.242 e. The molecule has 0 spiro atoms. The number of nitrogens with one attached hydrogen (secondary N) is 1. The summed E-state index contributed by atoms with van der Waals surface area (Å²) in [5, 5.41) is 12.4. The minimum absolute atomic E-state index is 0.0940. The van der Waals surface area contributed by atoms with Gasteiger partial charge in [0, 0.05) is 6.92 Å². The van der Waals surface area contributed by atoms with Gasteiger partial charge in [0.1, 0.15) is 11.4 Å². The lowest BCUT2D eigenvalue weighted by Crippen LogP contribution is -2.32. The van der Waals surface area contributed by atoms with Crippen LogP contribution in [0.15, 0.2) is 24.3 Å². The van der Waals surface area contributed by atoms with E-state index in [2.05, 4.69) is 10.3 Å². The Kier molecular flexibility index (Phi) is 4.35. The standard InChI is InChI=1S/C14H15N3O3S/c1-7(15)13(20)17-14-16-11(8(2)18)12(21-14)9-4-3-5-10(19)6-9/h3-7,19H,15H2,1-2H3,(H,16,17,20)/t7-/m1/s1. The molecule has 0 saturated carbocycles. The lowest BCUT2D eigenvalue weighted by molar-refractivity contribution is -0.117. The molecule has 0 bridgehead atoms. The van der Waals surface area contributed by atoms with E-state index in [9.17, 15) is 14.7 Å². The highest BCUT2D eigenvalue weighted by Crippen LogP contribution is 2.34. The van der Waals surface area contributed by atoms with Crippen LogP contribution >= 0.6 is 11.3 Å². The Morgan fingerprint density at radius 3 is 2.71 bits per heavy atom. The van der Waals surface area contributed by atoms with Gasteiger partial charge in [-0.25, -0.2) is 4.98 Å². The summed E-state index contributed by atoms with van der Waals surface area (Å²) in [5.74, 6) is -0.497.